The van der Waals surface area contributed by atoms with Crippen molar-refractivity contribution in [3.8, 4) is 0 Å². The van der Waals surface area contributed by atoms with Crippen molar-refractivity contribution < 1.29 is 18.8 Å². The summed E-state index contributed by atoms with van der Waals surface area (Å²) < 4.78 is 13.1. The minimum absolute atomic E-state index is 0.0104. The molecule has 1 aromatic rings. The summed E-state index contributed by atoms with van der Waals surface area (Å²) in [6, 6.07) is 5.72. The van der Waals surface area contributed by atoms with Crippen molar-refractivity contribution >= 4 is 23.4 Å². The van der Waals surface area contributed by atoms with Gasteiger partial charge < -0.3 is 10.2 Å². The number of hydrogen-bond acceptors (Lipinski definition) is 4. The van der Waals surface area contributed by atoms with Gasteiger partial charge in [0.15, 0.2) is 0 Å². The van der Waals surface area contributed by atoms with Crippen molar-refractivity contribution in [3.63, 3.8) is 0 Å². The van der Waals surface area contributed by atoms with Gasteiger partial charge in [-0.1, -0.05) is 12.1 Å². The van der Waals surface area contributed by atoms with E-state index in [2.05, 4.69) is 10.4 Å². The minimum Gasteiger partial charge on any atom is -0.354 e. The van der Waals surface area contributed by atoms with Crippen LogP contribution < -0.4 is 5.32 Å². The van der Waals surface area contributed by atoms with Gasteiger partial charge in [-0.2, -0.15) is 5.10 Å². The van der Waals surface area contributed by atoms with Gasteiger partial charge in [0.25, 0.3) is 5.91 Å². The highest BCUT2D eigenvalue weighted by Gasteiger charge is 2.43. The number of carbonyl (C=O) groups is 3. The first-order valence-corrected chi connectivity index (χ1v) is 9.24. The highest BCUT2D eigenvalue weighted by Crippen LogP contribution is 2.28. The van der Waals surface area contributed by atoms with Gasteiger partial charge in [-0.05, 0) is 30.5 Å². The monoisotopic (exact) mass is 372 g/mol. The first kappa shape index (κ1) is 17.6. The third-order valence-electron chi connectivity index (χ3n) is 5.46. The van der Waals surface area contributed by atoms with Crippen molar-refractivity contribution in [2.45, 2.75) is 38.3 Å². The Bertz CT molecular complexity index is 808. The van der Waals surface area contributed by atoms with Gasteiger partial charge in [-0.3, -0.25) is 14.4 Å². The van der Waals surface area contributed by atoms with Gasteiger partial charge in [0.05, 0.1) is 18.5 Å². The van der Waals surface area contributed by atoms with E-state index in [-0.39, 0.29) is 48.5 Å². The molecule has 2 atom stereocenters. The molecule has 2 saturated heterocycles. The maximum absolute atomic E-state index is 13.1. The lowest BCUT2D eigenvalue weighted by molar-refractivity contribution is -0.133. The summed E-state index contributed by atoms with van der Waals surface area (Å²) in [6.07, 6.45) is 2.09. The molecule has 0 saturated carbocycles. The van der Waals surface area contributed by atoms with Crippen molar-refractivity contribution in [2.75, 3.05) is 13.1 Å². The Hall–Kier alpha value is -2.77. The number of halogens is 1. The smallest absolute Gasteiger partial charge is 0.270 e. The van der Waals surface area contributed by atoms with E-state index in [1.807, 2.05) is 0 Å². The Morgan fingerprint density at radius 1 is 1.22 bits per heavy atom. The molecule has 0 aromatic heterocycles. The molecule has 3 aliphatic rings. The SMILES string of the molecule is O=C1NC[C@@H]2[C@H]1CCCN2C(=O)C1=NN(Cc2ccc(F)cc2)C(=O)CC1. The third-order valence-corrected chi connectivity index (χ3v) is 5.46. The molecule has 3 heterocycles. The van der Waals surface area contributed by atoms with Gasteiger partial charge >= 0.3 is 0 Å². The average molecular weight is 372 g/mol. The molecule has 8 heteroatoms. The number of carbonyl (C=O) groups excluding carboxylic acids is 3. The molecule has 27 heavy (non-hydrogen) atoms. The van der Waals surface area contributed by atoms with Gasteiger partial charge in [-0.15, -0.1) is 0 Å². The van der Waals surface area contributed by atoms with Crippen molar-refractivity contribution in [3.05, 3.63) is 35.6 Å². The van der Waals surface area contributed by atoms with E-state index in [0.29, 0.717) is 25.2 Å². The Labute approximate surface area is 156 Å². The zero-order valence-electron chi connectivity index (χ0n) is 14.9. The van der Waals surface area contributed by atoms with Crippen molar-refractivity contribution in [2.24, 2.45) is 11.0 Å². The maximum atomic E-state index is 13.1. The van der Waals surface area contributed by atoms with Gasteiger partial charge in [0.1, 0.15) is 11.5 Å². The molecular weight excluding hydrogens is 351 g/mol. The summed E-state index contributed by atoms with van der Waals surface area (Å²) in [5.41, 5.74) is 1.09. The van der Waals surface area contributed by atoms with Crippen LogP contribution in [-0.4, -0.2) is 52.5 Å². The van der Waals surface area contributed by atoms with Crippen molar-refractivity contribution in [1.29, 1.82) is 0 Å². The van der Waals surface area contributed by atoms with E-state index < -0.39 is 0 Å². The second kappa shape index (κ2) is 7.09. The predicted molar refractivity (Wildman–Crippen MR) is 94.9 cm³/mol. The van der Waals surface area contributed by atoms with E-state index in [1.54, 1.807) is 17.0 Å². The first-order chi connectivity index (χ1) is 13.0. The van der Waals surface area contributed by atoms with Crippen LogP contribution >= 0.6 is 0 Å². The van der Waals surface area contributed by atoms with E-state index in [0.717, 1.165) is 18.4 Å². The van der Waals surface area contributed by atoms with Crippen LogP contribution in [0.4, 0.5) is 4.39 Å². The first-order valence-electron chi connectivity index (χ1n) is 9.24. The lowest BCUT2D eigenvalue weighted by atomic mass is 9.91. The summed E-state index contributed by atoms with van der Waals surface area (Å²) in [6.45, 7) is 1.27. The normalized spacial score (nSPS) is 25.1. The second-order valence-corrected chi connectivity index (χ2v) is 7.18. The van der Waals surface area contributed by atoms with E-state index in [1.165, 1.54) is 17.1 Å². The third kappa shape index (κ3) is 3.43. The molecule has 3 aliphatic heterocycles. The maximum Gasteiger partial charge on any atom is 0.270 e. The van der Waals surface area contributed by atoms with Gasteiger partial charge in [-0.25, -0.2) is 9.40 Å². The Morgan fingerprint density at radius 3 is 2.78 bits per heavy atom. The number of nitrogens with one attached hydrogen (secondary N) is 1. The Balaban J connectivity index is 1.51. The lowest BCUT2D eigenvalue weighted by Gasteiger charge is -2.36. The van der Waals surface area contributed by atoms with Crippen LogP contribution in [0.25, 0.3) is 0 Å². The zero-order valence-corrected chi connectivity index (χ0v) is 14.9. The zero-order chi connectivity index (χ0) is 19.0. The van der Waals surface area contributed by atoms with Crippen LogP contribution in [0.3, 0.4) is 0 Å². The highest BCUT2D eigenvalue weighted by molar-refractivity contribution is 6.39. The van der Waals surface area contributed by atoms with Crippen LogP contribution in [0.15, 0.2) is 29.4 Å². The van der Waals surface area contributed by atoms with E-state index >= 15 is 0 Å². The molecule has 4 rings (SSSR count). The van der Waals surface area contributed by atoms with Crippen LogP contribution in [0, 0.1) is 11.7 Å². The number of fused-ring (bicyclic) bond motifs is 1. The van der Waals surface area contributed by atoms with Crippen LogP contribution in [0.5, 0.6) is 0 Å². The summed E-state index contributed by atoms with van der Waals surface area (Å²) in [4.78, 5) is 38.9. The number of piperidine rings is 1. The molecule has 0 aliphatic carbocycles. The fourth-order valence-electron chi connectivity index (χ4n) is 4.01. The molecule has 2 fully saturated rings. The second-order valence-electron chi connectivity index (χ2n) is 7.18. The molecule has 0 radical (unpaired) electrons. The highest BCUT2D eigenvalue weighted by atomic mass is 19.1. The summed E-state index contributed by atoms with van der Waals surface area (Å²) in [7, 11) is 0. The molecule has 3 amide bonds. The predicted octanol–water partition coefficient (Wildman–Crippen LogP) is 1.04. The standard InChI is InChI=1S/C19H21FN4O3/c20-13-5-3-12(4-6-13)11-24-17(25)8-7-15(22-24)19(27)23-9-1-2-14-16(23)10-21-18(14)26/h3-6,14,16H,1-2,7-11H2,(H,21,26)/t14-,16-/m1/s1. The number of amides is 3. The molecule has 142 valence electrons. The molecule has 0 unspecified atom stereocenters. The van der Waals surface area contributed by atoms with Crippen molar-refractivity contribution in [1.82, 2.24) is 15.2 Å². The fourth-order valence-corrected chi connectivity index (χ4v) is 4.01. The Morgan fingerprint density at radius 2 is 2.00 bits per heavy atom. The molecular formula is C19H21FN4O3. The topological polar surface area (TPSA) is 82.1 Å². The minimum atomic E-state index is -0.345. The number of hydrogen-bond donors (Lipinski definition) is 1. The number of rotatable bonds is 3. The number of nitrogens with zero attached hydrogens (tertiary/aromatic N) is 3. The summed E-state index contributed by atoms with van der Waals surface area (Å²) in [5, 5.41) is 8.41. The number of hydrazone groups is 1. The van der Waals surface area contributed by atoms with Crippen LogP contribution in [0.1, 0.15) is 31.2 Å². The van der Waals surface area contributed by atoms with E-state index in [4.69, 9.17) is 0 Å². The molecule has 7 nitrogen and oxygen atoms in total. The fraction of sp³-hybridized carbons (Fsp3) is 0.474. The number of likely N-dealkylation sites (tertiary alicyclic amines) is 1. The van der Waals surface area contributed by atoms with Gasteiger partial charge in [0.2, 0.25) is 11.8 Å². The van der Waals surface area contributed by atoms with Gasteiger partial charge in [0, 0.05) is 25.9 Å². The molecule has 0 bridgehead atoms. The molecule has 0 spiro atoms. The lowest BCUT2D eigenvalue weighted by Crippen LogP contribution is -2.52. The Kier molecular flexibility index (Phi) is 4.63. The average Bonchev–Trinajstić information content (AvgIpc) is 3.06. The van der Waals surface area contributed by atoms with Crippen LogP contribution in [0.2, 0.25) is 0 Å². The summed E-state index contributed by atoms with van der Waals surface area (Å²) >= 11 is 0. The van der Waals surface area contributed by atoms with Crippen LogP contribution in [-0.2, 0) is 20.9 Å². The molecule has 1 aromatic carbocycles. The largest absolute Gasteiger partial charge is 0.354 e. The van der Waals surface area contributed by atoms with E-state index in [9.17, 15) is 18.8 Å². The molecule has 1 N–H and O–H groups in total. The quantitative estimate of drug-likeness (QED) is 0.861. The summed E-state index contributed by atoms with van der Waals surface area (Å²) in [5.74, 6) is -0.842. The number of benzene rings is 1.